The van der Waals surface area contributed by atoms with Crippen LogP contribution in [0.15, 0.2) is 45.4 Å². The Hall–Kier alpha value is -1.53. The highest BCUT2D eigenvalue weighted by Gasteiger charge is 2.23. The first-order valence-electron chi connectivity index (χ1n) is 9.55. The van der Waals surface area contributed by atoms with Gasteiger partial charge in [0, 0.05) is 42.4 Å². The Bertz CT molecular complexity index is 629. The average Bonchev–Trinajstić information content (AvgIpc) is 3.12. The monoisotopic (exact) mass is 420 g/mol. The molecule has 26 heavy (non-hydrogen) atoms. The number of benzene rings is 1. The fraction of sp³-hybridized carbons (Fsp3) is 0.550. The minimum absolute atomic E-state index is 0.429. The highest BCUT2D eigenvalue weighted by Crippen LogP contribution is 2.22. The maximum absolute atomic E-state index is 5.36. The van der Waals surface area contributed by atoms with Crippen molar-refractivity contribution in [1.29, 1.82) is 0 Å². The third-order valence-corrected chi connectivity index (χ3v) is 5.35. The van der Waals surface area contributed by atoms with E-state index in [-0.39, 0.29) is 0 Å². The second-order valence-corrected chi connectivity index (χ2v) is 7.67. The Morgan fingerprint density at radius 3 is 2.92 bits per heavy atom. The van der Waals surface area contributed by atoms with Crippen LogP contribution in [0.5, 0.6) is 0 Å². The Morgan fingerprint density at radius 1 is 1.35 bits per heavy atom. The Labute approximate surface area is 165 Å². The van der Waals surface area contributed by atoms with Gasteiger partial charge in [0.25, 0.3) is 0 Å². The van der Waals surface area contributed by atoms with E-state index in [9.17, 15) is 0 Å². The molecule has 2 N–H and O–H groups in total. The number of hydrogen-bond acceptors (Lipinski definition) is 3. The van der Waals surface area contributed by atoms with Crippen molar-refractivity contribution < 1.29 is 4.74 Å². The predicted octanol–water partition coefficient (Wildman–Crippen LogP) is 3.32. The van der Waals surface area contributed by atoms with Crippen LogP contribution >= 0.6 is 15.9 Å². The van der Waals surface area contributed by atoms with Crippen molar-refractivity contribution in [1.82, 2.24) is 10.6 Å². The summed E-state index contributed by atoms with van der Waals surface area (Å²) < 4.78 is 6.48. The molecule has 0 bridgehead atoms. The molecule has 142 valence electrons. The van der Waals surface area contributed by atoms with Crippen molar-refractivity contribution >= 4 is 27.6 Å². The molecule has 2 aliphatic heterocycles. The molecule has 1 aromatic rings. The summed E-state index contributed by atoms with van der Waals surface area (Å²) in [7, 11) is 0. The predicted molar refractivity (Wildman–Crippen MR) is 112 cm³/mol. The number of ether oxygens (including phenoxy) is 1. The van der Waals surface area contributed by atoms with Crippen molar-refractivity contribution in [3.63, 3.8) is 0 Å². The zero-order chi connectivity index (χ0) is 18.2. The molecule has 1 saturated heterocycles. The first kappa shape index (κ1) is 19.2. The lowest BCUT2D eigenvalue weighted by Crippen LogP contribution is -2.44. The van der Waals surface area contributed by atoms with Crippen molar-refractivity contribution in [2.24, 2.45) is 4.99 Å². The van der Waals surface area contributed by atoms with Crippen molar-refractivity contribution in [2.75, 3.05) is 44.3 Å². The molecule has 0 spiro atoms. The van der Waals surface area contributed by atoms with E-state index < -0.39 is 0 Å². The summed E-state index contributed by atoms with van der Waals surface area (Å²) >= 11 is 3.50. The number of nitrogens with zero attached hydrogens (tertiary/aromatic N) is 2. The summed E-state index contributed by atoms with van der Waals surface area (Å²) in [5, 5.41) is 6.99. The van der Waals surface area contributed by atoms with E-state index in [1.807, 2.05) is 0 Å². The molecule has 0 aliphatic carbocycles. The average molecular weight is 421 g/mol. The summed E-state index contributed by atoms with van der Waals surface area (Å²) in [5.41, 5.74) is 2.75. The fourth-order valence-electron chi connectivity index (χ4n) is 3.38. The van der Waals surface area contributed by atoms with Crippen LogP contribution in [0.25, 0.3) is 0 Å². The minimum atomic E-state index is 0.429. The van der Waals surface area contributed by atoms with Gasteiger partial charge in [-0.05, 0) is 50.5 Å². The number of aliphatic imine (C=N–C) groups is 1. The lowest BCUT2D eigenvalue weighted by molar-refractivity contribution is 0.153. The van der Waals surface area contributed by atoms with E-state index in [2.05, 4.69) is 68.7 Å². The molecule has 1 atom stereocenters. The summed E-state index contributed by atoms with van der Waals surface area (Å²) in [6, 6.07) is 8.98. The maximum atomic E-state index is 5.36. The molecule has 0 saturated carbocycles. The number of halogens is 1. The topological polar surface area (TPSA) is 48.9 Å². The zero-order valence-corrected chi connectivity index (χ0v) is 17.1. The number of guanidine groups is 1. The van der Waals surface area contributed by atoms with E-state index in [1.54, 1.807) is 0 Å². The van der Waals surface area contributed by atoms with E-state index in [0.29, 0.717) is 6.04 Å². The van der Waals surface area contributed by atoms with Crippen molar-refractivity contribution in [3.8, 4) is 0 Å². The smallest absolute Gasteiger partial charge is 0.191 e. The molecule has 0 radical (unpaired) electrons. The minimum Gasteiger partial charge on any atom is -0.377 e. The summed E-state index contributed by atoms with van der Waals surface area (Å²) in [6.07, 6.45) is 5.40. The van der Waals surface area contributed by atoms with Gasteiger partial charge in [-0.2, -0.15) is 0 Å². The van der Waals surface area contributed by atoms with Crippen LogP contribution < -0.4 is 15.5 Å². The van der Waals surface area contributed by atoms with Crippen molar-refractivity contribution in [2.45, 2.75) is 32.2 Å². The summed E-state index contributed by atoms with van der Waals surface area (Å²) in [5.74, 6) is 0.933. The number of rotatable bonds is 6. The molecule has 5 nitrogen and oxygen atoms in total. The van der Waals surface area contributed by atoms with E-state index in [4.69, 9.17) is 9.73 Å². The van der Waals surface area contributed by atoms with Gasteiger partial charge < -0.3 is 20.3 Å². The molecule has 2 aliphatic rings. The van der Waals surface area contributed by atoms with E-state index in [0.717, 1.165) is 69.1 Å². The van der Waals surface area contributed by atoms with Crippen LogP contribution in [0, 0.1) is 0 Å². The van der Waals surface area contributed by atoms with Crippen molar-refractivity contribution in [3.05, 3.63) is 40.4 Å². The first-order chi connectivity index (χ1) is 12.7. The number of hydrogen-bond donors (Lipinski definition) is 2. The SMILES string of the molecule is CCNC(=NCCC1=CCOCC1)NC1CCN(c2ccc(Br)cc2)C1. The quantitative estimate of drug-likeness (QED) is 0.421. The molecule has 3 rings (SSSR count). The van der Waals surface area contributed by atoms with Gasteiger partial charge in [-0.25, -0.2) is 0 Å². The maximum Gasteiger partial charge on any atom is 0.191 e. The molecular weight excluding hydrogens is 392 g/mol. The second kappa shape index (κ2) is 9.97. The molecule has 0 aromatic heterocycles. The molecular formula is C20H29BrN4O. The Kier molecular flexibility index (Phi) is 7.38. The molecule has 1 aromatic carbocycles. The van der Waals surface area contributed by atoms with Crippen LogP contribution in [-0.2, 0) is 4.74 Å². The lowest BCUT2D eigenvalue weighted by Gasteiger charge is -2.20. The third kappa shape index (κ3) is 5.74. The van der Waals surface area contributed by atoms with Crippen LogP contribution in [0.4, 0.5) is 5.69 Å². The normalized spacial score (nSPS) is 20.8. The number of nitrogens with one attached hydrogen (secondary N) is 2. The Balaban J connectivity index is 1.50. The van der Waals surface area contributed by atoms with Gasteiger partial charge in [0.1, 0.15) is 0 Å². The molecule has 6 heteroatoms. The van der Waals surface area contributed by atoms with Gasteiger partial charge >= 0.3 is 0 Å². The summed E-state index contributed by atoms with van der Waals surface area (Å²) in [4.78, 5) is 7.20. The summed E-state index contributed by atoms with van der Waals surface area (Å²) in [6.45, 7) is 7.50. The molecule has 1 fully saturated rings. The van der Waals surface area contributed by atoms with Crippen LogP contribution in [0.1, 0.15) is 26.2 Å². The van der Waals surface area contributed by atoms with Gasteiger partial charge in [-0.15, -0.1) is 0 Å². The standard InChI is InChI=1S/C20H29BrN4O/c1-2-22-20(23-11-7-16-9-13-26-14-10-16)24-18-8-12-25(15-18)19-5-3-17(21)4-6-19/h3-6,9,18H,2,7-8,10-15H2,1H3,(H2,22,23,24). The molecule has 0 amide bonds. The second-order valence-electron chi connectivity index (χ2n) is 6.75. The van der Waals surface area contributed by atoms with E-state index in [1.165, 1.54) is 11.3 Å². The molecule has 2 heterocycles. The highest BCUT2D eigenvalue weighted by atomic mass is 79.9. The molecule has 1 unspecified atom stereocenters. The zero-order valence-electron chi connectivity index (χ0n) is 15.5. The first-order valence-corrected chi connectivity index (χ1v) is 10.3. The Morgan fingerprint density at radius 2 is 2.19 bits per heavy atom. The van der Waals surface area contributed by atoms with Crippen LogP contribution in [-0.4, -0.2) is 51.4 Å². The van der Waals surface area contributed by atoms with Gasteiger partial charge in [0.05, 0.1) is 13.2 Å². The number of anilines is 1. The van der Waals surface area contributed by atoms with Gasteiger partial charge in [-0.1, -0.05) is 27.6 Å². The fourth-order valence-corrected chi connectivity index (χ4v) is 3.65. The van der Waals surface area contributed by atoms with Crippen LogP contribution in [0.3, 0.4) is 0 Å². The van der Waals surface area contributed by atoms with Gasteiger partial charge in [0.2, 0.25) is 0 Å². The van der Waals surface area contributed by atoms with E-state index >= 15 is 0 Å². The lowest BCUT2D eigenvalue weighted by atomic mass is 10.1. The largest absolute Gasteiger partial charge is 0.377 e. The van der Waals surface area contributed by atoms with Crippen LogP contribution in [0.2, 0.25) is 0 Å². The highest BCUT2D eigenvalue weighted by molar-refractivity contribution is 9.10. The van der Waals surface area contributed by atoms with Gasteiger partial charge in [-0.3, -0.25) is 4.99 Å². The van der Waals surface area contributed by atoms with Gasteiger partial charge in [0.15, 0.2) is 5.96 Å². The third-order valence-electron chi connectivity index (χ3n) is 4.83.